The van der Waals surface area contributed by atoms with Gasteiger partial charge in [0, 0.05) is 29.6 Å². The first kappa shape index (κ1) is 18.7. The van der Waals surface area contributed by atoms with E-state index in [4.69, 9.17) is 4.18 Å². The third-order valence-electron chi connectivity index (χ3n) is 2.59. The molecule has 0 unspecified atom stereocenters. The quantitative estimate of drug-likeness (QED) is 0.244. The minimum absolute atomic E-state index is 0. The molecular weight excluding hydrogens is 215 g/mol. The van der Waals surface area contributed by atoms with Crippen LogP contribution in [0.3, 0.4) is 0 Å². The fourth-order valence-corrected chi connectivity index (χ4v) is 1.78. The molecule has 0 aliphatic rings. The van der Waals surface area contributed by atoms with E-state index in [0.717, 1.165) is 6.61 Å². The summed E-state index contributed by atoms with van der Waals surface area (Å²) in [6.07, 6.45) is 13.7. The van der Waals surface area contributed by atoms with Crippen LogP contribution in [0.5, 0.6) is 0 Å². The van der Waals surface area contributed by atoms with Gasteiger partial charge in [-0.05, 0) is 19.3 Å². The molecule has 0 amide bonds. The van der Waals surface area contributed by atoms with Gasteiger partial charge in [0.2, 0.25) is 0 Å². The van der Waals surface area contributed by atoms with Gasteiger partial charge in [-0.25, -0.2) is 0 Å². The van der Waals surface area contributed by atoms with Gasteiger partial charge in [-0.15, -0.1) is 0 Å². The SMILES string of the molecule is CCCCCCCCCCCCOS.[Na]. The number of unbranched alkanes of at least 4 members (excludes halogenated alkanes) is 9. The summed E-state index contributed by atoms with van der Waals surface area (Å²) in [5.74, 6) is 0. The van der Waals surface area contributed by atoms with Crippen molar-refractivity contribution in [2.75, 3.05) is 6.61 Å². The molecular formula is C12H26NaOS. The maximum absolute atomic E-state index is 4.71. The van der Waals surface area contributed by atoms with E-state index in [2.05, 4.69) is 19.8 Å². The molecule has 1 nitrogen and oxygen atoms in total. The van der Waals surface area contributed by atoms with E-state index in [1.165, 1.54) is 64.2 Å². The second kappa shape index (κ2) is 17.7. The number of thiol groups is 1. The molecule has 0 aliphatic carbocycles. The zero-order valence-electron chi connectivity index (χ0n) is 10.6. The zero-order valence-corrected chi connectivity index (χ0v) is 13.5. The van der Waals surface area contributed by atoms with E-state index in [1.54, 1.807) is 0 Å². The van der Waals surface area contributed by atoms with Crippen LogP contribution in [-0.4, -0.2) is 36.2 Å². The Bertz CT molecular complexity index is 89.6. The molecule has 0 N–H and O–H groups in total. The molecule has 0 fully saturated rings. The molecule has 0 saturated carbocycles. The predicted molar refractivity (Wildman–Crippen MR) is 72.5 cm³/mol. The van der Waals surface area contributed by atoms with Crippen molar-refractivity contribution in [2.45, 2.75) is 71.1 Å². The Morgan fingerprint density at radius 2 is 1.13 bits per heavy atom. The van der Waals surface area contributed by atoms with Gasteiger partial charge in [-0.1, -0.05) is 64.7 Å². The van der Waals surface area contributed by atoms with E-state index in [1.807, 2.05) is 0 Å². The number of hydrogen-bond acceptors (Lipinski definition) is 2. The average molecular weight is 241 g/mol. The van der Waals surface area contributed by atoms with Crippen LogP contribution in [0.15, 0.2) is 0 Å². The summed E-state index contributed by atoms with van der Waals surface area (Å²) in [6, 6.07) is 0. The van der Waals surface area contributed by atoms with Crippen molar-refractivity contribution in [3.63, 3.8) is 0 Å². The topological polar surface area (TPSA) is 9.23 Å². The summed E-state index contributed by atoms with van der Waals surface area (Å²) in [5.41, 5.74) is 0. The first-order chi connectivity index (χ1) is 6.91. The van der Waals surface area contributed by atoms with Crippen LogP contribution >= 0.6 is 12.9 Å². The Labute approximate surface area is 124 Å². The van der Waals surface area contributed by atoms with Crippen molar-refractivity contribution in [1.29, 1.82) is 0 Å². The summed E-state index contributed by atoms with van der Waals surface area (Å²) >= 11 is 3.71. The van der Waals surface area contributed by atoms with Crippen molar-refractivity contribution in [1.82, 2.24) is 0 Å². The molecule has 0 aromatic rings. The van der Waals surface area contributed by atoms with Crippen molar-refractivity contribution >= 4 is 42.5 Å². The van der Waals surface area contributed by atoms with E-state index in [-0.39, 0.29) is 29.6 Å². The molecule has 87 valence electrons. The monoisotopic (exact) mass is 241 g/mol. The minimum Gasteiger partial charge on any atom is -0.319 e. The Morgan fingerprint density at radius 1 is 0.733 bits per heavy atom. The van der Waals surface area contributed by atoms with Crippen LogP contribution in [0.25, 0.3) is 0 Å². The van der Waals surface area contributed by atoms with Gasteiger partial charge < -0.3 is 4.18 Å². The van der Waals surface area contributed by atoms with Gasteiger partial charge in [0.05, 0.1) is 6.61 Å². The van der Waals surface area contributed by atoms with Gasteiger partial charge in [-0.2, -0.15) is 0 Å². The third kappa shape index (κ3) is 17.9. The summed E-state index contributed by atoms with van der Waals surface area (Å²) in [7, 11) is 0. The molecule has 0 rings (SSSR count). The second-order valence-electron chi connectivity index (χ2n) is 4.02. The maximum atomic E-state index is 4.71. The Kier molecular flexibility index (Phi) is 22.0. The summed E-state index contributed by atoms with van der Waals surface area (Å²) in [5, 5.41) is 0. The largest absolute Gasteiger partial charge is 0.319 e. The average Bonchev–Trinajstić information content (AvgIpc) is 2.21. The molecule has 0 spiro atoms. The third-order valence-corrected chi connectivity index (χ3v) is 2.77. The van der Waals surface area contributed by atoms with E-state index < -0.39 is 0 Å². The number of hydrogen-bond donors (Lipinski definition) is 1. The van der Waals surface area contributed by atoms with Crippen LogP contribution in [0.2, 0.25) is 0 Å². The van der Waals surface area contributed by atoms with Crippen LogP contribution < -0.4 is 0 Å². The van der Waals surface area contributed by atoms with E-state index in [9.17, 15) is 0 Å². The smallest absolute Gasteiger partial charge is 0.0610 e. The molecule has 1 radical (unpaired) electrons. The van der Waals surface area contributed by atoms with Gasteiger partial charge in [-0.3, -0.25) is 0 Å². The molecule has 0 aliphatic heterocycles. The standard InChI is InChI=1S/C12H26OS.Na/c1-2-3-4-5-6-7-8-9-10-11-12-13-14;/h14H,2-12H2,1H3;. The van der Waals surface area contributed by atoms with Crippen LogP contribution in [0.1, 0.15) is 71.1 Å². The van der Waals surface area contributed by atoms with Crippen molar-refractivity contribution in [2.24, 2.45) is 0 Å². The van der Waals surface area contributed by atoms with E-state index >= 15 is 0 Å². The fraction of sp³-hybridized carbons (Fsp3) is 1.00. The molecule has 0 aromatic heterocycles. The summed E-state index contributed by atoms with van der Waals surface area (Å²) in [4.78, 5) is 0. The van der Waals surface area contributed by atoms with Crippen molar-refractivity contribution < 1.29 is 4.18 Å². The molecule has 0 aromatic carbocycles. The zero-order chi connectivity index (χ0) is 10.5. The second-order valence-corrected chi connectivity index (χ2v) is 4.27. The van der Waals surface area contributed by atoms with Crippen molar-refractivity contribution in [3.05, 3.63) is 0 Å². The van der Waals surface area contributed by atoms with Crippen LogP contribution in [0, 0.1) is 0 Å². The summed E-state index contributed by atoms with van der Waals surface area (Å²) in [6.45, 7) is 3.07. The van der Waals surface area contributed by atoms with Gasteiger partial charge in [0.1, 0.15) is 0 Å². The first-order valence-electron chi connectivity index (χ1n) is 6.18. The van der Waals surface area contributed by atoms with Gasteiger partial charge in [0.25, 0.3) is 0 Å². The Balaban J connectivity index is 0. The number of rotatable bonds is 11. The molecule has 0 saturated heterocycles. The van der Waals surface area contributed by atoms with Gasteiger partial charge in [0.15, 0.2) is 0 Å². The molecule has 0 heterocycles. The Morgan fingerprint density at radius 3 is 1.53 bits per heavy atom. The first-order valence-corrected chi connectivity index (χ1v) is 6.54. The predicted octanol–water partition coefficient (Wildman–Crippen LogP) is 4.39. The molecule has 0 bridgehead atoms. The Hall–Kier alpha value is 1.31. The minimum atomic E-state index is 0. The normalized spacial score (nSPS) is 10.0. The maximum Gasteiger partial charge on any atom is 0.0610 e. The summed E-state index contributed by atoms with van der Waals surface area (Å²) < 4.78 is 4.71. The van der Waals surface area contributed by atoms with Crippen LogP contribution in [-0.2, 0) is 4.18 Å². The molecule has 3 heteroatoms. The fourth-order valence-electron chi connectivity index (χ4n) is 1.65. The molecule has 0 atom stereocenters. The van der Waals surface area contributed by atoms with Crippen LogP contribution in [0.4, 0.5) is 0 Å². The molecule has 15 heavy (non-hydrogen) atoms. The van der Waals surface area contributed by atoms with Gasteiger partial charge >= 0.3 is 0 Å². The van der Waals surface area contributed by atoms with Crippen molar-refractivity contribution in [3.8, 4) is 0 Å². The van der Waals surface area contributed by atoms with E-state index in [0.29, 0.717) is 0 Å².